The number of alkyl halides is 3. The monoisotopic (exact) mass is 489 g/mol. The first kappa shape index (κ1) is 24.7. The molecule has 182 valence electrons. The first-order valence-corrected chi connectivity index (χ1v) is 11.1. The van der Waals surface area contributed by atoms with Gasteiger partial charge in [-0.3, -0.25) is 9.78 Å². The van der Waals surface area contributed by atoms with Gasteiger partial charge in [0, 0.05) is 30.4 Å². The van der Waals surface area contributed by atoms with Crippen LogP contribution in [0, 0.1) is 25.2 Å². The van der Waals surface area contributed by atoms with Gasteiger partial charge in [0.1, 0.15) is 5.69 Å². The lowest BCUT2D eigenvalue weighted by molar-refractivity contribution is -0.137. The third-order valence-electron chi connectivity index (χ3n) is 5.87. The topological polar surface area (TPSA) is 83.6 Å². The van der Waals surface area contributed by atoms with Gasteiger partial charge in [-0.15, -0.1) is 0 Å². The first-order valence-electron chi connectivity index (χ1n) is 11.1. The van der Waals surface area contributed by atoms with Crippen LogP contribution in [0.1, 0.15) is 49.7 Å². The summed E-state index contributed by atoms with van der Waals surface area (Å²) in [5, 5.41) is 16.3. The number of nitrogens with one attached hydrogen (secondary N) is 1. The van der Waals surface area contributed by atoms with E-state index in [0.29, 0.717) is 24.4 Å². The van der Waals surface area contributed by atoms with Gasteiger partial charge in [0.15, 0.2) is 0 Å². The van der Waals surface area contributed by atoms with E-state index in [4.69, 9.17) is 5.26 Å². The highest BCUT2D eigenvalue weighted by Crippen LogP contribution is 2.33. The minimum absolute atomic E-state index is 0.243. The number of aryl methyl sites for hydroxylation is 1. The van der Waals surface area contributed by atoms with Crippen molar-refractivity contribution >= 4 is 5.91 Å². The average molecular weight is 490 g/mol. The predicted molar refractivity (Wildman–Crippen MR) is 127 cm³/mol. The highest BCUT2D eigenvalue weighted by Gasteiger charge is 2.34. The Hall–Kier alpha value is -4.45. The van der Waals surface area contributed by atoms with Crippen LogP contribution in [-0.4, -0.2) is 20.7 Å². The highest BCUT2D eigenvalue weighted by molar-refractivity contribution is 5.92. The molecular formula is C27H22F3N5O. The van der Waals surface area contributed by atoms with Crippen molar-refractivity contribution in [1.82, 2.24) is 20.1 Å². The van der Waals surface area contributed by atoms with Crippen LogP contribution in [0.25, 0.3) is 5.69 Å². The Morgan fingerprint density at radius 1 is 1.06 bits per heavy atom. The van der Waals surface area contributed by atoms with Crippen LogP contribution in [-0.2, 0) is 19.1 Å². The summed E-state index contributed by atoms with van der Waals surface area (Å²) in [5.41, 5.74) is 3.43. The van der Waals surface area contributed by atoms with Crippen LogP contribution in [0.2, 0.25) is 0 Å². The molecule has 2 aromatic carbocycles. The maximum atomic E-state index is 13.4. The van der Waals surface area contributed by atoms with E-state index >= 15 is 0 Å². The number of hydrogen-bond acceptors (Lipinski definition) is 4. The average Bonchev–Trinajstić information content (AvgIpc) is 3.16. The number of rotatable bonds is 6. The predicted octanol–water partition coefficient (Wildman–Crippen LogP) is 5.30. The van der Waals surface area contributed by atoms with Gasteiger partial charge < -0.3 is 5.32 Å². The molecule has 0 fully saturated rings. The normalized spacial score (nSPS) is 11.2. The number of pyridine rings is 1. The number of aromatic nitrogens is 3. The van der Waals surface area contributed by atoms with Crippen LogP contribution < -0.4 is 5.32 Å². The second-order valence-corrected chi connectivity index (χ2v) is 8.29. The summed E-state index contributed by atoms with van der Waals surface area (Å²) in [4.78, 5) is 16.2. The van der Waals surface area contributed by atoms with Gasteiger partial charge in [-0.25, -0.2) is 4.68 Å². The lowest BCUT2D eigenvalue weighted by atomic mass is 10.0. The molecular weight excluding hydrogens is 467 g/mol. The number of carbonyl (C=O) groups is 1. The van der Waals surface area contributed by atoms with Gasteiger partial charge in [0.2, 0.25) is 0 Å². The molecule has 6 nitrogen and oxygen atoms in total. The second kappa shape index (κ2) is 10.0. The zero-order valence-electron chi connectivity index (χ0n) is 19.6. The molecule has 1 amide bonds. The van der Waals surface area contributed by atoms with Crippen molar-refractivity contribution in [3.05, 3.63) is 112 Å². The molecule has 0 bridgehead atoms. The minimum Gasteiger partial charge on any atom is -0.347 e. The van der Waals surface area contributed by atoms with Crippen molar-refractivity contribution in [2.45, 2.75) is 33.0 Å². The Morgan fingerprint density at radius 2 is 1.78 bits per heavy atom. The van der Waals surface area contributed by atoms with Crippen LogP contribution in [0.15, 0.2) is 66.9 Å². The van der Waals surface area contributed by atoms with Crippen molar-refractivity contribution in [3.63, 3.8) is 0 Å². The molecule has 2 heterocycles. The zero-order valence-corrected chi connectivity index (χ0v) is 19.6. The Balaban J connectivity index is 1.50. The number of nitrogens with zero attached hydrogens (tertiary/aromatic N) is 4. The fourth-order valence-corrected chi connectivity index (χ4v) is 3.93. The smallest absolute Gasteiger partial charge is 0.347 e. The lowest BCUT2D eigenvalue weighted by Gasteiger charge is -2.12. The molecule has 0 aliphatic rings. The number of nitriles is 1. The number of carbonyl (C=O) groups excluding carboxylic acids is 1. The van der Waals surface area contributed by atoms with Gasteiger partial charge in [0.05, 0.1) is 28.6 Å². The molecule has 0 aliphatic heterocycles. The fraction of sp³-hybridized carbons (Fsp3) is 0.185. The maximum absolute atomic E-state index is 13.4. The number of halogens is 3. The number of benzene rings is 2. The second-order valence-electron chi connectivity index (χ2n) is 8.29. The van der Waals surface area contributed by atoms with Crippen LogP contribution in [0.5, 0.6) is 0 Å². The van der Waals surface area contributed by atoms with Crippen molar-refractivity contribution in [1.29, 1.82) is 5.26 Å². The lowest BCUT2D eigenvalue weighted by Crippen LogP contribution is -2.23. The quantitative estimate of drug-likeness (QED) is 0.399. The van der Waals surface area contributed by atoms with Crippen LogP contribution in [0.3, 0.4) is 0 Å². The molecule has 0 atom stereocenters. The molecule has 1 N–H and O–H groups in total. The maximum Gasteiger partial charge on any atom is 0.417 e. The zero-order chi connectivity index (χ0) is 25.9. The molecule has 0 saturated heterocycles. The number of amides is 1. The van der Waals surface area contributed by atoms with E-state index in [-0.39, 0.29) is 11.6 Å². The van der Waals surface area contributed by atoms with E-state index in [0.717, 1.165) is 28.5 Å². The standard InChI is InChI=1S/C27H22F3N5O/c1-17-23(18(2)35(34-17)22-11-10-21(15-31)24(14-22)27(28,29)30)13-19-6-8-20(9-7-19)16-33-26(36)25-5-3-4-12-32-25/h3-12,14H,13,16H2,1-2H3,(H,33,36). The van der Waals surface area contributed by atoms with E-state index in [1.165, 1.54) is 16.8 Å². The van der Waals surface area contributed by atoms with Gasteiger partial charge in [-0.1, -0.05) is 30.3 Å². The molecule has 2 aromatic heterocycles. The van der Waals surface area contributed by atoms with Gasteiger partial charge >= 0.3 is 6.18 Å². The Labute approximate surface area is 206 Å². The molecule has 9 heteroatoms. The van der Waals surface area contributed by atoms with Crippen molar-refractivity contribution < 1.29 is 18.0 Å². The minimum atomic E-state index is -4.64. The summed E-state index contributed by atoms with van der Waals surface area (Å²) in [7, 11) is 0. The van der Waals surface area contributed by atoms with E-state index in [2.05, 4.69) is 15.4 Å². The van der Waals surface area contributed by atoms with E-state index < -0.39 is 17.3 Å². The van der Waals surface area contributed by atoms with E-state index in [1.807, 2.05) is 38.1 Å². The van der Waals surface area contributed by atoms with Crippen molar-refractivity contribution in [2.75, 3.05) is 0 Å². The van der Waals surface area contributed by atoms with E-state index in [1.54, 1.807) is 30.5 Å². The Bertz CT molecular complexity index is 1440. The Kier molecular flexibility index (Phi) is 6.88. The summed E-state index contributed by atoms with van der Waals surface area (Å²) in [6, 6.07) is 18.0. The molecule has 4 aromatic rings. The van der Waals surface area contributed by atoms with Gasteiger partial charge in [0.25, 0.3) is 5.91 Å². The van der Waals surface area contributed by atoms with Crippen LogP contribution in [0.4, 0.5) is 13.2 Å². The van der Waals surface area contributed by atoms with Crippen molar-refractivity contribution in [3.8, 4) is 11.8 Å². The molecule has 36 heavy (non-hydrogen) atoms. The summed E-state index contributed by atoms with van der Waals surface area (Å²) in [6.07, 6.45) is -2.54. The molecule has 0 saturated carbocycles. The first-order chi connectivity index (χ1) is 17.2. The summed E-state index contributed by atoms with van der Waals surface area (Å²) in [5.74, 6) is -0.255. The summed E-state index contributed by atoms with van der Waals surface area (Å²) in [6.45, 7) is 3.98. The summed E-state index contributed by atoms with van der Waals surface area (Å²) < 4.78 is 41.7. The van der Waals surface area contributed by atoms with Gasteiger partial charge in [-0.2, -0.15) is 23.5 Å². The Morgan fingerprint density at radius 3 is 2.42 bits per heavy atom. The number of hydrogen-bond donors (Lipinski definition) is 1. The fourth-order valence-electron chi connectivity index (χ4n) is 3.93. The SMILES string of the molecule is Cc1nn(-c2ccc(C#N)c(C(F)(F)F)c2)c(C)c1Cc1ccc(CNC(=O)c2ccccn2)cc1. The summed E-state index contributed by atoms with van der Waals surface area (Å²) >= 11 is 0. The van der Waals surface area contributed by atoms with Crippen molar-refractivity contribution in [2.24, 2.45) is 0 Å². The van der Waals surface area contributed by atoms with Crippen LogP contribution >= 0.6 is 0 Å². The van der Waals surface area contributed by atoms with Gasteiger partial charge in [-0.05, 0) is 55.3 Å². The van der Waals surface area contributed by atoms with E-state index in [9.17, 15) is 18.0 Å². The molecule has 0 spiro atoms. The molecule has 4 rings (SSSR count). The molecule has 0 aliphatic carbocycles. The molecule has 0 radical (unpaired) electrons. The molecule has 0 unspecified atom stereocenters. The third kappa shape index (κ3) is 5.28. The third-order valence-corrected chi connectivity index (χ3v) is 5.87. The largest absolute Gasteiger partial charge is 0.417 e. The highest BCUT2D eigenvalue weighted by atomic mass is 19.4.